The maximum atomic E-state index is 12.9. The summed E-state index contributed by atoms with van der Waals surface area (Å²) in [6.45, 7) is 0. The fraction of sp³-hybridized carbons (Fsp3) is 0.278. The number of carbonyl (C=O) groups excluding carboxylic acids is 1. The number of nitrogens with one attached hydrogen (secondary N) is 2. The van der Waals surface area contributed by atoms with Gasteiger partial charge in [0, 0.05) is 5.69 Å². The van der Waals surface area contributed by atoms with Crippen molar-refractivity contribution in [1.29, 1.82) is 0 Å². The first-order valence-electron chi connectivity index (χ1n) is 7.84. The number of amides is 2. The lowest BCUT2D eigenvalue weighted by molar-refractivity contribution is -0.137. The van der Waals surface area contributed by atoms with Crippen LogP contribution < -0.4 is 15.4 Å². The van der Waals surface area contributed by atoms with Gasteiger partial charge >= 0.3 is 12.2 Å². The van der Waals surface area contributed by atoms with Gasteiger partial charge in [-0.2, -0.15) is 13.2 Å². The minimum absolute atomic E-state index is 0.0183. The van der Waals surface area contributed by atoms with Gasteiger partial charge in [0.25, 0.3) is 0 Å². The van der Waals surface area contributed by atoms with E-state index in [1.807, 2.05) is 12.1 Å². The topological polar surface area (TPSA) is 50.4 Å². The molecule has 2 aromatic rings. The third-order valence-electron chi connectivity index (χ3n) is 4.28. The predicted octanol–water partition coefficient (Wildman–Crippen LogP) is 5.18. The second-order valence-corrected chi connectivity index (χ2v) is 6.49. The van der Waals surface area contributed by atoms with E-state index in [2.05, 4.69) is 10.6 Å². The number of methoxy groups -OCH3 is 1. The summed E-state index contributed by atoms with van der Waals surface area (Å²) in [5, 5.41) is 4.86. The van der Waals surface area contributed by atoms with E-state index in [9.17, 15) is 18.0 Å². The van der Waals surface area contributed by atoms with E-state index >= 15 is 0 Å². The third-order valence-corrected chi connectivity index (χ3v) is 4.60. The number of hydrogen-bond acceptors (Lipinski definition) is 2. The van der Waals surface area contributed by atoms with Crippen molar-refractivity contribution in [3.8, 4) is 5.75 Å². The second kappa shape index (κ2) is 6.72. The van der Waals surface area contributed by atoms with E-state index < -0.39 is 28.3 Å². The highest BCUT2D eigenvalue weighted by molar-refractivity contribution is 6.31. The fourth-order valence-electron chi connectivity index (χ4n) is 2.72. The molecule has 1 aliphatic rings. The Balaban J connectivity index is 1.71. The molecule has 8 heteroatoms. The quantitative estimate of drug-likeness (QED) is 0.763. The molecule has 0 spiro atoms. The van der Waals surface area contributed by atoms with Gasteiger partial charge in [0.2, 0.25) is 0 Å². The monoisotopic (exact) mass is 384 g/mol. The Labute approximate surface area is 153 Å². The lowest BCUT2D eigenvalue weighted by Gasteiger charge is -2.19. The Morgan fingerprint density at radius 1 is 1.15 bits per heavy atom. The van der Waals surface area contributed by atoms with Crippen LogP contribution in [0.15, 0.2) is 42.5 Å². The van der Waals surface area contributed by atoms with Crippen LogP contribution in [0.4, 0.5) is 23.7 Å². The molecule has 0 aromatic heterocycles. The first kappa shape index (κ1) is 18.4. The first-order chi connectivity index (χ1) is 12.2. The Bertz CT molecular complexity index is 818. The van der Waals surface area contributed by atoms with Crippen LogP contribution in [0, 0.1) is 0 Å². The third kappa shape index (κ3) is 3.88. The van der Waals surface area contributed by atoms with E-state index in [-0.39, 0.29) is 5.69 Å². The van der Waals surface area contributed by atoms with Gasteiger partial charge in [0.1, 0.15) is 5.75 Å². The van der Waals surface area contributed by atoms with Crippen LogP contribution in [0.25, 0.3) is 0 Å². The van der Waals surface area contributed by atoms with Crippen molar-refractivity contribution in [2.45, 2.75) is 24.6 Å². The molecular formula is C18H16ClF3N2O2. The zero-order valence-corrected chi connectivity index (χ0v) is 14.5. The van der Waals surface area contributed by atoms with Gasteiger partial charge in [-0.1, -0.05) is 23.7 Å². The summed E-state index contributed by atoms with van der Waals surface area (Å²) in [5.74, 6) is 0.704. The minimum Gasteiger partial charge on any atom is -0.497 e. The number of hydrogen-bond donors (Lipinski definition) is 2. The Morgan fingerprint density at radius 2 is 1.81 bits per heavy atom. The Kier molecular flexibility index (Phi) is 4.75. The standard InChI is InChI=1S/C18H16ClF3N2O2/c1-26-13-5-2-11(3-6-13)17(8-9-17)24-16(25)23-12-4-7-15(19)14(10-12)18(20,21)22/h2-7,10H,8-9H2,1H3,(H2,23,24,25). The maximum absolute atomic E-state index is 12.9. The average molecular weight is 385 g/mol. The average Bonchev–Trinajstić information content (AvgIpc) is 3.36. The molecule has 2 amide bonds. The summed E-state index contributed by atoms with van der Waals surface area (Å²) in [5.41, 5.74) is -0.561. The number of urea groups is 1. The van der Waals surface area contributed by atoms with Crippen LogP contribution in [0.5, 0.6) is 5.75 Å². The highest BCUT2D eigenvalue weighted by Crippen LogP contribution is 2.46. The smallest absolute Gasteiger partial charge is 0.417 e. The van der Waals surface area contributed by atoms with Gasteiger partial charge in [-0.25, -0.2) is 4.79 Å². The first-order valence-corrected chi connectivity index (χ1v) is 8.22. The van der Waals surface area contributed by atoms with Crippen LogP contribution in [-0.4, -0.2) is 13.1 Å². The molecule has 1 saturated carbocycles. The van der Waals surface area contributed by atoms with Gasteiger partial charge in [-0.05, 0) is 48.7 Å². The summed E-state index contributed by atoms with van der Waals surface area (Å²) in [6, 6.07) is 9.98. The van der Waals surface area contributed by atoms with E-state index in [1.165, 1.54) is 6.07 Å². The predicted molar refractivity (Wildman–Crippen MR) is 92.5 cm³/mol. The number of alkyl halides is 3. The molecule has 1 aliphatic carbocycles. The molecule has 0 heterocycles. The summed E-state index contributed by atoms with van der Waals surface area (Å²) in [4.78, 5) is 12.2. The van der Waals surface area contributed by atoms with Crippen molar-refractivity contribution in [2.24, 2.45) is 0 Å². The van der Waals surface area contributed by atoms with E-state index in [4.69, 9.17) is 16.3 Å². The summed E-state index contributed by atoms with van der Waals surface area (Å²) in [7, 11) is 1.56. The van der Waals surface area contributed by atoms with Gasteiger partial charge in [0.05, 0.1) is 23.2 Å². The Morgan fingerprint density at radius 3 is 2.35 bits per heavy atom. The number of carbonyl (C=O) groups is 1. The molecule has 0 radical (unpaired) electrons. The maximum Gasteiger partial charge on any atom is 0.417 e. The van der Waals surface area contributed by atoms with E-state index in [0.717, 1.165) is 30.5 Å². The van der Waals surface area contributed by atoms with Crippen molar-refractivity contribution in [1.82, 2.24) is 5.32 Å². The van der Waals surface area contributed by atoms with Crippen LogP contribution in [0.3, 0.4) is 0 Å². The van der Waals surface area contributed by atoms with E-state index in [0.29, 0.717) is 5.75 Å². The lowest BCUT2D eigenvalue weighted by Crippen LogP contribution is -2.38. The normalized spacial score (nSPS) is 15.3. The largest absolute Gasteiger partial charge is 0.497 e. The van der Waals surface area contributed by atoms with Gasteiger partial charge < -0.3 is 15.4 Å². The van der Waals surface area contributed by atoms with Crippen LogP contribution in [0.1, 0.15) is 24.0 Å². The zero-order valence-electron chi connectivity index (χ0n) is 13.8. The number of ether oxygens (including phenoxy) is 1. The van der Waals surface area contributed by atoms with Gasteiger partial charge in [-0.15, -0.1) is 0 Å². The van der Waals surface area contributed by atoms with E-state index in [1.54, 1.807) is 19.2 Å². The number of benzene rings is 2. The van der Waals surface area contributed by atoms with Crippen LogP contribution in [0.2, 0.25) is 5.02 Å². The molecule has 0 bridgehead atoms. The molecule has 2 aromatic carbocycles. The van der Waals surface area contributed by atoms with Crippen molar-refractivity contribution in [2.75, 3.05) is 12.4 Å². The molecule has 1 fully saturated rings. The molecule has 0 saturated heterocycles. The number of anilines is 1. The zero-order chi connectivity index (χ0) is 18.9. The SMILES string of the molecule is COc1ccc(C2(NC(=O)Nc3ccc(Cl)c(C(F)(F)F)c3)CC2)cc1. The second-order valence-electron chi connectivity index (χ2n) is 6.08. The lowest BCUT2D eigenvalue weighted by atomic mass is 10.1. The number of rotatable bonds is 4. The molecule has 3 rings (SSSR count). The van der Waals surface area contributed by atoms with Crippen molar-refractivity contribution < 1.29 is 22.7 Å². The summed E-state index contributed by atoms with van der Waals surface area (Å²) < 4.78 is 43.8. The molecule has 2 N–H and O–H groups in total. The van der Waals surface area contributed by atoms with Crippen molar-refractivity contribution in [3.63, 3.8) is 0 Å². The molecule has 4 nitrogen and oxygen atoms in total. The molecule has 0 atom stereocenters. The summed E-state index contributed by atoms with van der Waals surface area (Å²) >= 11 is 5.58. The van der Waals surface area contributed by atoms with Crippen LogP contribution >= 0.6 is 11.6 Å². The summed E-state index contributed by atoms with van der Waals surface area (Å²) in [6.07, 6.45) is -3.09. The Hall–Kier alpha value is -2.41. The highest BCUT2D eigenvalue weighted by atomic mass is 35.5. The van der Waals surface area contributed by atoms with Crippen molar-refractivity contribution >= 4 is 23.3 Å². The highest BCUT2D eigenvalue weighted by Gasteiger charge is 2.45. The van der Waals surface area contributed by atoms with Crippen molar-refractivity contribution in [3.05, 3.63) is 58.6 Å². The van der Waals surface area contributed by atoms with Crippen LogP contribution in [-0.2, 0) is 11.7 Å². The molecule has 0 aliphatic heterocycles. The molecule has 26 heavy (non-hydrogen) atoms. The molecular weight excluding hydrogens is 369 g/mol. The van der Waals surface area contributed by atoms with Gasteiger partial charge in [-0.3, -0.25) is 0 Å². The molecule has 0 unspecified atom stereocenters. The number of halogens is 4. The van der Waals surface area contributed by atoms with Gasteiger partial charge in [0.15, 0.2) is 0 Å². The fourth-order valence-corrected chi connectivity index (χ4v) is 2.95. The minimum atomic E-state index is -4.59. The molecule has 138 valence electrons.